The van der Waals surface area contributed by atoms with Gasteiger partial charge in [0.05, 0.1) is 0 Å². The van der Waals surface area contributed by atoms with Crippen LogP contribution < -0.4 is 5.32 Å². The van der Waals surface area contributed by atoms with Gasteiger partial charge in [-0.1, -0.05) is 25.4 Å². The Morgan fingerprint density at radius 1 is 1.44 bits per heavy atom. The third-order valence-corrected chi connectivity index (χ3v) is 3.81. The van der Waals surface area contributed by atoms with Crippen LogP contribution in [0, 0.1) is 5.82 Å². The van der Waals surface area contributed by atoms with Gasteiger partial charge in [-0.25, -0.2) is 4.39 Å². The molecular formula is C12H17ClFNS. The normalized spacial score (nSPS) is 13.1. The number of nitrogens with one attached hydrogen (secondary N) is 1. The van der Waals surface area contributed by atoms with Crippen LogP contribution in [-0.4, -0.2) is 18.1 Å². The predicted molar refractivity (Wildman–Crippen MR) is 70.8 cm³/mol. The molecule has 16 heavy (non-hydrogen) atoms. The zero-order valence-corrected chi connectivity index (χ0v) is 11.3. The molecule has 1 rings (SSSR count). The topological polar surface area (TPSA) is 12.0 Å². The Morgan fingerprint density at radius 2 is 2.12 bits per heavy atom. The maximum Gasteiger partial charge on any atom is 0.123 e. The van der Waals surface area contributed by atoms with Crippen LogP contribution in [0.2, 0.25) is 5.02 Å². The predicted octanol–water partition coefficient (Wildman–Crippen LogP) is 3.88. The Bertz CT molecular complexity index is 344. The highest BCUT2D eigenvalue weighted by atomic mass is 35.5. The summed E-state index contributed by atoms with van der Waals surface area (Å²) in [6, 6.07) is 4.59. The first-order valence-corrected chi connectivity index (χ1v) is 6.71. The second-order valence-electron chi connectivity index (χ2n) is 3.89. The fourth-order valence-corrected chi connectivity index (χ4v) is 2.57. The average molecular weight is 262 g/mol. The van der Waals surface area contributed by atoms with Gasteiger partial charge in [0.25, 0.3) is 0 Å². The molecule has 1 atom stereocenters. The molecule has 0 heterocycles. The minimum atomic E-state index is -0.241. The summed E-state index contributed by atoms with van der Waals surface area (Å²) >= 11 is 7.90. The molecule has 0 spiro atoms. The smallest absolute Gasteiger partial charge is 0.123 e. The average Bonchev–Trinajstić information content (AvgIpc) is 2.23. The van der Waals surface area contributed by atoms with Crippen molar-refractivity contribution in [3.8, 4) is 0 Å². The molecule has 0 aliphatic heterocycles. The molecule has 0 saturated heterocycles. The van der Waals surface area contributed by atoms with E-state index in [9.17, 15) is 4.39 Å². The Kier molecular flexibility index (Phi) is 5.59. The van der Waals surface area contributed by atoms with Crippen LogP contribution in [0.3, 0.4) is 0 Å². The van der Waals surface area contributed by atoms with Crippen LogP contribution in [0.15, 0.2) is 18.2 Å². The fraction of sp³-hybridized carbons (Fsp3) is 0.500. The molecule has 90 valence electrons. The highest BCUT2D eigenvalue weighted by molar-refractivity contribution is 7.99. The second kappa shape index (κ2) is 6.48. The molecule has 0 bridgehead atoms. The van der Waals surface area contributed by atoms with Gasteiger partial charge >= 0.3 is 0 Å². The Hall–Kier alpha value is -0.250. The van der Waals surface area contributed by atoms with Gasteiger partial charge in [0, 0.05) is 16.8 Å². The summed E-state index contributed by atoms with van der Waals surface area (Å²) in [5.74, 6) is 0.645. The van der Waals surface area contributed by atoms with Crippen molar-refractivity contribution in [2.75, 3.05) is 12.8 Å². The lowest BCUT2D eigenvalue weighted by Crippen LogP contribution is -2.20. The van der Waals surface area contributed by atoms with Gasteiger partial charge in [-0.05, 0) is 36.1 Å². The largest absolute Gasteiger partial charge is 0.312 e. The van der Waals surface area contributed by atoms with Gasteiger partial charge in [0.15, 0.2) is 0 Å². The molecule has 4 heteroatoms. The van der Waals surface area contributed by atoms with Crippen LogP contribution in [-0.2, 0) is 0 Å². The maximum absolute atomic E-state index is 13.1. The Morgan fingerprint density at radius 3 is 2.69 bits per heavy atom. The van der Waals surface area contributed by atoms with E-state index < -0.39 is 0 Å². The highest BCUT2D eigenvalue weighted by Gasteiger charge is 2.14. The van der Waals surface area contributed by atoms with E-state index >= 15 is 0 Å². The summed E-state index contributed by atoms with van der Waals surface area (Å²) in [7, 11) is 1.87. The Balaban J connectivity index is 2.81. The van der Waals surface area contributed by atoms with E-state index in [4.69, 9.17) is 11.6 Å². The molecule has 1 aromatic carbocycles. The molecule has 1 N–H and O–H groups in total. The molecule has 1 aromatic rings. The van der Waals surface area contributed by atoms with Crippen molar-refractivity contribution in [3.05, 3.63) is 34.6 Å². The number of benzene rings is 1. The second-order valence-corrected chi connectivity index (χ2v) is 5.91. The van der Waals surface area contributed by atoms with E-state index in [-0.39, 0.29) is 11.9 Å². The van der Waals surface area contributed by atoms with Crippen molar-refractivity contribution in [1.29, 1.82) is 0 Å². The molecule has 1 unspecified atom stereocenters. The zero-order valence-electron chi connectivity index (χ0n) is 9.76. The minimum absolute atomic E-state index is 0.0931. The number of rotatable bonds is 5. The quantitative estimate of drug-likeness (QED) is 0.863. The first kappa shape index (κ1) is 13.8. The van der Waals surface area contributed by atoms with Gasteiger partial charge < -0.3 is 5.32 Å². The highest BCUT2D eigenvalue weighted by Crippen LogP contribution is 2.27. The SMILES string of the molecule is CNC(CSC(C)C)c1cc(F)ccc1Cl. The van der Waals surface area contributed by atoms with Gasteiger partial charge in [0.1, 0.15) is 5.82 Å². The summed E-state index contributed by atoms with van der Waals surface area (Å²) in [4.78, 5) is 0. The lowest BCUT2D eigenvalue weighted by molar-refractivity contribution is 0.611. The van der Waals surface area contributed by atoms with Gasteiger partial charge in [-0.2, -0.15) is 11.8 Å². The summed E-state index contributed by atoms with van der Waals surface area (Å²) < 4.78 is 13.1. The third-order valence-electron chi connectivity index (χ3n) is 2.28. The molecule has 0 aromatic heterocycles. The van der Waals surface area contributed by atoms with Crippen LogP contribution in [0.4, 0.5) is 4.39 Å². The van der Waals surface area contributed by atoms with Crippen LogP contribution in [0.1, 0.15) is 25.5 Å². The van der Waals surface area contributed by atoms with E-state index in [0.29, 0.717) is 10.3 Å². The minimum Gasteiger partial charge on any atom is -0.312 e. The summed E-state index contributed by atoms with van der Waals surface area (Å²) in [5.41, 5.74) is 0.831. The van der Waals surface area contributed by atoms with Crippen molar-refractivity contribution < 1.29 is 4.39 Å². The van der Waals surface area contributed by atoms with Crippen molar-refractivity contribution in [1.82, 2.24) is 5.32 Å². The molecule has 0 saturated carbocycles. The van der Waals surface area contributed by atoms with Crippen molar-refractivity contribution in [3.63, 3.8) is 0 Å². The molecule has 0 aliphatic rings. The van der Waals surface area contributed by atoms with E-state index in [2.05, 4.69) is 19.2 Å². The number of halogens is 2. The van der Waals surface area contributed by atoms with Gasteiger partial charge in [-0.15, -0.1) is 0 Å². The van der Waals surface area contributed by atoms with E-state index in [1.54, 1.807) is 6.07 Å². The lowest BCUT2D eigenvalue weighted by atomic mass is 10.1. The number of hydrogen-bond donors (Lipinski definition) is 1. The number of thioether (sulfide) groups is 1. The van der Waals surface area contributed by atoms with Crippen LogP contribution in [0.5, 0.6) is 0 Å². The molecule has 1 nitrogen and oxygen atoms in total. The molecular weight excluding hydrogens is 245 g/mol. The van der Waals surface area contributed by atoms with E-state index in [0.717, 1.165) is 11.3 Å². The maximum atomic E-state index is 13.1. The monoisotopic (exact) mass is 261 g/mol. The summed E-state index contributed by atoms with van der Waals surface area (Å²) in [6.45, 7) is 4.29. The van der Waals surface area contributed by atoms with E-state index in [1.807, 2.05) is 18.8 Å². The van der Waals surface area contributed by atoms with Crippen molar-refractivity contribution in [2.24, 2.45) is 0 Å². The lowest BCUT2D eigenvalue weighted by Gasteiger charge is -2.18. The van der Waals surface area contributed by atoms with E-state index in [1.165, 1.54) is 12.1 Å². The molecule has 0 radical (unpaired) electrons. The zero-order chi connectivity index (χ0) is 12.1. The number of hydrogen-bond acceptors (Lipinski definition) is 2. The standard InChI is InChI=1S/C12H17ClFNS/c1-8(2)16-7-12(15-3)10-6-9(14)4-5-11(10)13/h4-6,8,12,15H,7H2,1-3H3. The first-order valence-electron chi connectivity index (χ1n) is 5.28. The van der Waals surface area contributed by atoms with Gasteiger partial charge in [0.2, 0.25) is 0 Å². The Labute approximate surface area is 106 Å². The molecule has 0 aliphatic carbocycles. The van der Waals surface area contributed by atoms with Gasteiger partial charge in [-0.3, -0.25) is 0 Å². The fourth-order valence-electron chi connectivity index (χ4n) is 1.40. The summed E-state index contributed by atoms with van der Waals surface area (Å²) in [6.07, 6.45) is 0. The molecule has 0 amide bonds. The summed E-state index contributed by atoms with van der Waals surface area (Å²) in [5, 5.41) is 4.34. The molecule has 0 fully saturated rings. The first-order chi connectivity index (χ1) is 7.54. The van der Waals surface area contributed by atoms with Crippen LogP contribution in [0.25, 0.3) is 0 Å². The van der Waals surface area contributed by atoms with Crippen LogP contribution >= 0.6 is 23.4 Å². The third kappa shape index (κ3) is 3.96. The van der Waals surface area contributed by atoms with Crippen molar-refractivity contribution in [2.45, 2.75) is 25.1 Å². The van der Waals surface area contributed by atoms with Crippen molar-refractivity contribution >= 4 is 23.4 Å².